The normalized spacial score (nSPS) is 31.2. The molecule has 2 fully saturated rings. The van der Waals surface area contributed by atoms with Gasteiger partial charge in [-0.15, -0.1) is 0 Å². The third-order valence-electron chi connectivity index (χ3n) is 3.39. The Balaban J connectivity index is 1.41. The van der Waals surface area contributed by atoms with Gasteiger partial charge in [-0.3, -0.25) is 0 Å². The van der Waals surface area contributed by atoms with Gasteiger partial charge in [-0.25, -0.2) is 4.98 Å². The molecule has 0 radical (unpaired) electrons. The average Bonchev–Trinajstić information content (AvgIpc) is 2.90. The second-order valence-electron chi connectivity index (χ2n) is 4.66. The average molecular weight is 239 g/mol. The monoisotopic (exact) mass is 238 g/mol. The van der Waals surface area contributed by atoms with Crippen LogP contribution in [0.3, 0.4) is 0 Å². The van der Waals surface area contributed by atoms with Crippen molar-refractivity contribution in [1.82, 2.24) is 10.3 Å². The molecule has 0 aromatic carbocycles. The minimum absolute atomic E-state index is 0.505. The zero-order chi connectivity index (χ0) is 11.0. The zero-order valence-corrected chi connectivity index (χ0v) is 9.78. The van der Waals surface area contributed by atoms with Gasteiger partial charge in [0.2, 0.25) is 0 Å². The van der Waals surface area contributed by atoms with E-state index in [2.05, 4.69) is 10.3 Å². The molecule has 3 nitrogen and oxygen atoms in total. The summed E-state index contributed by atoms with van der Waals surface area (Å²) in [4.78, 5) is 3.97. The molecule has 3 rings (SSSR count). The Labute approximate surface area is 100 Å². The SMILES string of the molecule is Clc1ccc(OCC[C@@H]2C[C@H]3C[C@H]3N2)cn1. The van der Waals surface area contributed by atoms with E-state index in [4.69, 9.17) is 16.3 Å². The minimum atomic E-state index is 0.505. The fourth-order valence-corrected chi connectivity index (χ4v) is 2.53. The molecule has 0 bridgehead atoms. The van der Waals surface area contributed by atoms with Crippen LogP contribution < -0.4 is 10.1 Å². The summed E-state index contributed by atoms with van der Waals surface area (Å²) in [5.41, 5.74) is 0. The lowest BCUT2D eigenvalue weighted by Crippen LogP contribution is -2.27. The molecule has 2 heterocycles. The van der Waals surface area contributed by atoms with Crippen molar-refractivity contribution in [3.63, 3.8) is 0 Å². The van der Waals surface area contributed by atoms with Crippen molar-refractivity contribution in [2.75, 3.05) is 6.61 Å². The quantitative estimate of drug-likeness (QED) is 0.817. The molecule has 1 saturated heterocycles. The van der Waals surface area contributed by atoms with Crippen molar-refractivity contribution < 1.29 is 4.74 Å². The zero-order valence-electron chi connectivity index (χ0n) is 9.03. The molecule has 1 saturated carbocycles. The van der Waals surface area contributed by atoms with E-state index in [0.717, 1.165) is 30.7 Å². The van der Waals surface area contributed by atoms with Gasteiger partial charge in [0, 0.05) is 12.1 Å². The lowest BCUT2D eigenvalue weighted by atomic mass is 10.1. The highest BCUT2D eigenvalue weighted by molar-refractivity contribution is 6.29. The van der Waals surface area contributed by atoms with E-state index in [-0.39, 0.29) is 0 Å². The second kappa shape index (κ2) is 4.22. The predicted octanol–water partition coefficient (Wildman–Crippen LogP) is 2.25. The molecule has 1 N–H and O–H groups in total. The number of aromatic nitrogens is 1. The van der Waals surface area contributed by atoms with Crippen LogP contribution in [0.2, 0.25) is 5.15 Å². The Morgan fingerprint density at radius 2 is 2.38 bits per heavy atom. The summed E-state index contributed by atoms with van der Waals surface area (Å²) in [7, 11) is 0. The van der Waals surface area contributed by atoms with E-state index in [9.17, 15) is 0 Å². The minimum Gasteiger partial charge on any atom is -0.492 e. The molecule has 2 aliphatic rings. The van der Waals surface area contributed by atoms with Crippen molar-refractivity contribution in [3.8, 4) is 5.75 Å². The molecule has 1 aliphatic heterocycles. The van der Waals surface area contributed by atoms with Crippen molar-refractivity contribution in [2.45, 2.75) is 31.3 Å². The number of piperidine rings is 1. The summed E-state index contributed by atoms with van der Waals surface area (Å²) in [5.74, 6) is 1.76. The van der Waals surface area contributed by atoms with Crippen molar-refractivity contribution in [1.29, 1.82) is 0 Å². The maximum absolute atomic E-state index is 5.69. The first-order valence-electron chi connectivity index (χ1n) is 5.81. The van der Waals surface area contributed by atoms with E-state index >= 15 is 0 Å². The van der Waals surface area contributed by atoms with Gasteiger partial charge in [0.25, 0.3) is 0 Å². The topological polar surface area (TPSA) is 34.1 Å². The highest BCUT2D eigenvalue weighted by atomic mass is 35.5. The van der Waals surface area contributed by atoms with Crippen LogP contribution >= 0.6 is 11.6 Å². The molecule has 0 spiro atoms. The summed E-state index contributed by atoms with van der Waals surface area (Å²) in [6.45, 7) is 0.750. The molecule has 3 atom stereocenters. The molecular formula is C12H15ClN2O. The smallest absolute Gasteiger partial charge is 0.137 e. The number of halogens is 1. The number of ether oxygens (including phenoxy) is 1. The maximum Gasteiger partial charge on any atom is 0.137 e. The molecule has 1 aromatic rings. The molecule has 1 aliphatic carbocycles. The number of hydrogen-bond acceptors (Lipinski definition) is 3. The largest absolute Gasteiger partial charge is 0.492 e. The number of nitrogens with zero attached hydrogens (tertiary/aromatic N) is 1. The Bertz CT molecular complexity index is 358. The van der Waals surface area contributed by atoms with Gasteiger partial charge in [-0.05, 0) is 37.3 Å². The molecule has 4 heteroatoms. The highest BCUT2D eigenvalue weighted by Crippen LogP contribution is 2.41. The summed E-state index contributed by atoms with van der Waals surface area (Å²) in [5, 5.41) is 4.11. The molecule has 86 valence electrons. The van der Waals surface area contributed by atoms with E-state index in [1.54, 1.807) is 12.3 Å². The molecule has 16 heavy (non-hydrogen) atoms. The maximum atomic E-state index is 5.69. The number of pyridine rings is 1. The number of rotatable bonds is 4. The summed E-state index contributed by atoms with van der Waals surface area (Å²) in [6.07, 6.45) is 5.46. The van der Waals surface area contributed by atoms with Crippen LogP contribution in [-0.4, -0.2) is 23.7 Å². The third-order valence-corrected chi connectivity index (χ3v) is 3.62. The fraction of sp³-hybridized carbons (Fsp3) is 0.583. The number of hydrogen-bond donors (Lipinski definition) is 1. The lowest BCUT2D eigenvalue weighted by Gasteiger charge is -2.13. The van der Waals surface area contributed by atoms with Gasteiger partial charge in [0.15, 0.2) is 0 Å². The Morgan fingerprint density at radius 1 is 1.44 bits per heavy atom. The summed E-state index contributed by atoms with van der Waals surface area (Å²) < 4.78 is 5.61. The first-order chi connectivity index (χ1) is 7.81. The predicted molar refractivity (Wildman–Crippen MR) is 62.8 cm³/mol. The number of fused-ring (bicyclic) bond motifs is 1. The van der Waals surface area contributed by atoms with Crippen LogP contribution in [0.5, 0.6) is 5.75 Å². The molecule has 1 aromatic heterocycles. The molecular weight excluding hydrogens is 224 g/mol. The first-order valence-corrected chi connectivity index (χ1v) is 6.19. The van der Waals surface area contributed by atoms with E-state index in [1.807, 2.05) is 6.07 Å². The summed E-state index contributed by atoms with van der Waals surface area (Å²) >= 11 is 5.69. The van der Waals surface area contributed by atoms with Gasteiger partial charge in [0.1, 0.15) is 10.9 Å². The van der Waals surface area contributed by atoms with Crippen LogP contribution in [0.4, 0.5) is 0 Å². The lowest BCUT2D eigenvalue weighted by molar-refractivity contribution is 0.286. The summed E-state index contributed by atoms with van der Waals surface area (Å²) in [6, 6.07) is 5.08. The third kappa shape index (κ3) is 2.30. The highest BCUT2D eigenvalue weighted by Gasteiger charge is 2.45. The molecule has 0 unspecified atom stereocenters. The van der Waals surface area contributed by atoms with Gasteiger partial charge in [0.05, 0.1) is 12.8 Å². The van der Waals surface area contributed by atoms with Gasteiger partial charge < -0.3 is 10.1 Å². The van der Waals surface area contributed by atoms with Crippen LogP contribution in [0.1, 0.15) is 19.3 Å². The standard InChI is InChI=1S/C12H15ClN2O/c13-12-2-1-10(7-14-12)16-4-3-9-5-8-6-11(8)15-9/h1-2,7-9,11,15H,3-6H2/t8-,9+,11+/m0/s1. The van der Waals surface area contributed by atoms with E-state index in [0.29, 0.717) is 11.2 Å². The van der Waals surface area contributed by atoms with E-state index in [1.165, 1.54) is 12.8 Å². The van der Waals surface area contributed by atoms with Gasteiger partial charge >= 0.3 is 0 Å². The fourth-order valence-electron chi connectivity index (χ4n) is 2.42. The van der Waals surface area contributed by atoms with Crippen LogP contribution in [-0.2, 0) is 0 Å². The van der Waals surface area contributed by atoms with Crippen molar-refractivity contribution in [3.05, 3.63) is 23.5 Å². The van der Waals surface area contributed by atoms with E-state index < -0.39 is 0 Å². The Hall–Kier alpha value is -0.800. The van der Waals surface area contributed by atoms with Crippen LogP contribution in [0.15, 0.2) is 18.3 Å². The Morgan fingerprint density at radius 3 is 3.06 bits per heavy atom. The van der Waals surface area contributed by atoms with Crippen LogP contribution in [0.25, 0.3) is 0 Å². The van der Waals surface area contributed by atoms with Crippen molar-refractivity contribution >= 4 is 11.6 Å². The van der Waals surface area contributed by atoms with Crippen LogP contribution in [0, 0.1) is 5.92 Å². The number of nitrogens with one attached hydrogen (secondary N) is 1. The molecule has 0 amide bonds. The van der Waals surface area contributed by atoms with Gasteiger partial charge in [-0.2, -0.15) is 0 Å². The van der Waals surface area contributed by atoms with Crippen molar-refractivity contribution in [2.24, 2.45) is 5.92 Å². The second-order valence-corrected chi connectivity index (χ2v) is 5.04. The van der Waals surface area contributed by atoms with Gasteiger partial charge in [-0.1, -0.05) is 11.6 Å². The first kappa shape index (κ1) is 10.4. The Kier molecular flexibility index (Phi) is 2.74.